The Morgan fingerprint density at radius 1 is 1.40 bits per heavy atom. The first kappa shape index (κ1) is 14.1. The molecule has 88 valence electrons. The van der Waals surface area contributed by atoms with Crippen LogP contribution in [0.5, 0.6) is 0 Å². The number of carbonyl (C=O) groups is 1. The summed E-state index contributed by atoms with van der Waals surface area (Å²) < 4.78 is 31.1. The molecular formula is C9H17NO4S. The van der Waals surface area contributed by atoms with Crippen LogP contribution in [0.2, 0.25) is 0 Å². The van der Waals surface area contributed by atoms with Crippen LogP contribution in [0.15, 0.2) is 12.2 Å². The van der Waals surface area contributed by atoms with Crippen molar-refractivity contribution in [1.82, 2.24) is 5.32 Å². The summed E-state index contributed by atoms with van der Waals surface area (Å²) in [6.45, 7) is 9.65. The van der Waals surface area contributed by atoms with Crippen molar-refractivity contribution in [1.29, 1.82) is 0 Å². The number of nitrogens with one attached hydrogen (secondary N) is 1. The van der Waals surface area contributed by atoms with Crippen LogP contribution in [0.1, 0.15) is 27.7 Å². The average molecular weight is 235 g/mol. The van der Waals surface area contributed by atoms with Gasteiger partial charge in [-0.1, -0.05) is 27.4 Å². The third-order valence-corrected chi connectivity index (χ3v) is 3.15. The summed E-state index contributed by atoms with van der Waals surface area (Å²) in [5, 5.41) is 0.881. The molecule has 0 aliphatic carbocycles. The van der Waals surface area contributed by atoms with Crippen molar-refractivity contribution in [3.63, 3.8) is 0 Å². The molecule has 0 bridgehead atoms. The van der Waals surface area contributed by atoms with E-state index in [2.05, 4.69) is 11.9 Å². The third-order valence-electron chi connectivity index (χ3n) is 1.73. The number of hydrogen-bond acceptors (Lipinski definition) is 3. The first-order valence-corrected chi connectivity index (χ1v) is 5.89. The fraction of sp³-hybridized carbons (Fsp3) is 0.667. The summed E-state index contributed by atoms with van der Waals surface area (Å²) in [5.74, 6) is -0.590. The van der Waals surface area contributed by atoms with E-state index in [1.54, 1.807) is 20.8 Å². The lowest BCUT2D eigenvalue weighted by Crippen LogP contribution is -2.48. The van der Waals surface area contributed by atoms with Gasteiger partial charge in [0.1, 0.15) is 0 Å². The van der Waals surface area contributed by atoms with E-state index in [0.717, 1.165) is 0 Å². The number of amides is 1. The van der Waals surface area contributed by atoms with Crippen LogP contribution in [0.3, 0.4) is 0 Å². The predicted octanol–water partition coefficient (Wildman–Crippen LogP) is 0.939. The fourth-order valence-corrected chi connectivity index (χ4v) is 2.13. The molecule has 0 aliphatic rings. The average Bonchev–Trinajstić information content (AvgIpc) is 1.94. The zero-order chi connectivity index (χ0) is 12.4. The van der Waals surface area contributed by atoms with Crippen LogP contribution in [-0.4, -0.2) is 24.3 Å². The third kappa shape index (κ3) is 4.44. The highest BCUT2D eigenvalue weighted by Gasteiger charge is 2.36. The lowest BCUT2D eigenvalue weighted by Gasteiger charge is -2.28. The zero-order valence-electron chi connectivity index (χ0n) is 9.36. The van der Waals surface area contributed by atoms with Crippen LogP contribution in [0.4, 0.5) is 0 Å². The van der Waals surface area contributed by atoms with Gasteiger partial charge in [-0.25, -0.2) is 0 Å². The monoisotopic (exact) mass is 235 g/mol. The Kier molecular flexibility index (Phi) is 4.07. The topological polar surface area (TPSA) is 83.5 Å². The zero-order valence-corrected chi connectivity index (χ0v) is 10.2. The summed E-state index contributed by atoms with van der Waals surface area (Å²) in [6.07, 6.45) is 0. The summed E-state index contributed by atoms with van der Waals surface area (Å²) in [5.41, 5.74) is -0.605. The molecule has 0 heterocycles. The molecule has 0 spiro atoms. The van der Waals surface area contributed by atoms with E-state index in [-0.39, 0.29) is 5.57 Å². The van der Waals surface area contributed by atoms with Crippen molar-refractivity contribution in [3.8, 4) is 0 Å². The summed E-state index contributed by atoms with van der Waals surface area (Å²) >= 11 is 0. The van der Waals surface area contributed by atoms with Crippen LogP contribution >= 0.6 is 0 Å². The minimum Gasteiger partial charge on any atom is -0.333 e. The second-order valence-corrected chi connectivity index (χ2v) is 6.02. The second kappa shape index (κ2) is 4.32. The molecule has 0 aliphatic heterocycles. The van der Waals surface area contributed by atoms with Gasteiger partial charge in [0.2, 0.25) is 5.91 Å². The van der Waals surface area contributed by atoms with Gasteiger partial charge in [-0.05, 0) is 12.3 Å². The summed E-state index contributed by atoms with van der Waals surface area (Å²) in [4.78, 5) is 11.3. The molecule has 5 nitrogen and oxygen atoms in total. The molecule has 6 heteroatoms. The van der Waals surface area contributed by atoms with E-state index in [1.165, 1.54) is 6.92 Å². The molecular weight excluding hydrogens is 218 g/mol. The molecule has 1 unspecified atom stereocenters. The van der Waals surface area contributed by atoms with Crippen molar-refractivity contribution >= 4 is 16.0 Å². The Hall–Kier alpha value is -0.880. The van der Waals surface area contributed by atoms with E-state index in [1.807, 2.05) is 0 Å². The van der Waals surface area contributed by atoms with E-state index < -0.39 is 26.8 Å². The standard InChI is InChI=1S/C9H17NO4S/c1-6(2)7(11)10-8(9(3,4)5)15(12,13)14/h8H,1H2,2-5H3,(H,10,11)(H,12,13,14). The maximum Gasteiger partial charge on any atom is 0.286 e. The van der Waals surface area contributed by atoms with Crippen molar-refractivity contribution in [2.45, 2.75) is 33.1 Å². The van der Waals surface area contributed by atoms with E-state index >= 15 is 0 Å². The minimum absolute atomic E-state index is 0.188. The van der Waals surface area contributed by atoms with Gasteiger partial charge in [-0.3, -0.25) is 9.35 Å². The second-order valence-electron chi connectivity index (χ2n) is 4.51. The first-order chi connectivity index (χ1) is 6.46. The number of hydrogen-bond donors (Lipinski definition) is 2. The van der Waals surface area contributed by atoms with Gasteiger partial charge in [0.05, 0.1) is 0 Å². The van der Waals surface area contributed by atoms with Crippen LogP contribution in [0, 0.1) is 5.41 Å². The van der Waals surface area contributed by atoms with Crippen molar-refractivity contribution in [2.24, 2.45) is 5.41 Å². The molecule has 0 aromatic rings. The molecule has 0 aromatic heterocycles. The van der Waals surface area contributed by atoms with Crippen LogP contribution in [-0.2, 0) is 14.9 Å². The van der Waals surface area contributed by atoms with E-state index in [4.69, 9.17) is 4.55 Å². The lowest BCUT2D eigenvalue weighted by molar-refractivity contribution is -0.118. The highest BCUT2D eigenvalue weighted by atomic mass is 32.2. The Morgan fingerprint density at radius 3 is 2.00 bits per heavy atom. The lowest BCUT2D eigenvalue weighted by atomic mass is 9.96. The largest absolute Gasteiger partial charge is 0.333 e. The van der Waals surface area contributed by atoms with Gasteiger partial charge in [0.15, 0.2) is 5.37 Å². The predicted molar refractivity (Wildman–Crippen MR) is 57.7 cm³/mol. The molecule has 0 saturated heterocycles. The maximum atomic E-state index is 11.3. The van der Waals surface area contributed by atoms with Gasteiger partial charge >= 0.3 is 0 Å². The fourth-order valence-electron chi connectivity index (χ4n) is 0.980. The summed E-state index contributed by atoms with van der Waals surface area (Å²) in [7, 11) is -4.32. The molecule has 15 heavy (non-hydrogen) atoms. The van der Waals surface area contributed by atoms with E-state index in [0.29, 0.717) is 0 Å². The molecule has 2 N–H and O–H groups in total. The first-order valence-electron chi connectivity index (χ1n) is 4.39. The van der Waals surface area contributed by atoms with Crippen molar-refractivity contribution in [2.75, 3.05) is 0 Å². The molecule has 1 atom stereocenters. The molecule has 0 aromatic carbocycles. The normalized spacial score (nSPS) is 14.5. The molecule has 0 fully saturated rings. The maximum absolute atomic E-state index is 11.3. The Balaban J connectivity index is 5.02. The van der Waals surface area contributed by atoms with Crippen LogP contribution in [0.25, 0.3) is 0 Å². The van der Waals surface area contributed by atoms with Gasteiger partial charge in [0, 0.05) is 5.57 Å². The Morgan fingerprint density at radius 2 is 1.80 bits per heavy atom. The molecule has 0 radical (unpaired) electrons. The van der Waals surface area contributed by atoms with Crippen molar-refractivity contribution in [3.05, 3.63) is 12.2 Å². The minimum atomic E-state index is -4.32. The van der Waals surface area contributed by atoms with Gasteiger partial charge in [0.25, 0.3) is 10.1 Å². The highest BCUT2D eigenvalue weighted by Crippen LogP contribution is 2.23. The molecule has 0 rings (SSSR count). The van der Waals surface area contributed by atoms with E-state index in [9.17, 15) is 13.2 Å². The molecule has 1 amide bonds. The highest BCUT2D eigenvalue weighted by molar-refractivity contribution is 7.86. The Bertz CT molecular complexity index is 364. The summed E-state index contributed by atoms with van der Waals surface area (Å²) in [6, 6.07) is 0. The van der Waals surface area contributed by atoms with Gasteiger partial charge in [-0.15, -0.1) is 0 Å². The molecule has 0 saturated carbocycles. The number of rotatable bonds is 3. The number of carbonyl (C=O) groups excluding carboxylic acids is 1. The Labute approximate surface area is 90.3 Å². The van der Waals surface area contributed by atoms with Gasteiger partial charge < -0.3 is 5.32 Å². The smallest absolute Gasteiger partial charge is 0.286 e. The van der Waals surface area contributed by atoms with Gasteiger partial charge in [-0.2, -0.15) is 8.42 Å². The van der Waals surface area contributed by atoms with Crippen LogP contribution < -0.4 is 5.32 Å². The van der Waals surface area contributed by atoms with Crippen molar-refractivity contribution < 1.29 is 17.8 Å². The quantitative estimate of drug-likeness (QED) is 0.563. The SMILES string of the molecule is C=C(C)C(=O)NC(C(C)(C)C)S(=O)(=O)O.